The first kappa shape index (κ1) is 23.1. The highest BCUT2D eigenvalue weighted by Crippen LogP contribution is 2.37. The van der Waals surface area contributed by atoms with Crippen molar-refractivity contribution >= 4 is 52.2 Å². The van der Waals surface area contributed by atoms with Crippen LogP contribution < -0.4 is 15.1 Å². The van der Waals surface area contributed by atoms with Gasteiger partial charge in [0.05, 0.1) is 23.8 Å². The Kier molecular flexibility index (Phi) is 6.52. The van der Waals surface area contributed by atoms with Crippen LogP contribution in [0.15, 0.2) is 52.3 Å². The molecule has 1 fully saturated rings. The number of aliphatic imine (C=N–C) groups is 1. The first-order valence-corrected chi connectivity index (χ1v) is 12.4. The van der Waals surface area contributed by atoms with Crippen LogP contribution in [0.2, 0.25) is 0 Å². The molecular formula is C26H26N4O4S. The number of rotatable bonds is 6. The highest BCUT2D eigenvalue weighted by molar-refractivity contribution is 7.10. The Labute approximate surface area is 206 Å². The number of morpholine rings is 1. The molecule has 1 saturated heterocycles. The topological polar surface area (TPSA) is 96.2 Å². The molecule has 0 bridgehead atoms. The summed E-state index contributed by atoms with van der Waals surface area (Å²) >= 11 is 0.902. The van der Waals surface area contributed by atoms with Crippen LogP contribution in [-0.2, 0) is 22.5 Å². The van der Waals surface area contributed by atoms with E-state index < -0.39 is 4.87 Å². The number of anilines is 2. The second-order valence-electron chi connectivity index (χ2n) is 8.36. The fraction of sp³-hybridized carbons (Fsp3) is 0.269. The summed E-state index contributed by atoms with van der Waals surface area (Å²) in [5.74, 6) is -0.613. The molecule has 0 saturated carbocycles. The lowest BCUT2D eigenvalue weighted by Crippen LogP contribution is -2.36. The average Bonchev–Trinajstić information content (AvgIpc) is 3.41. The van der Waals surface area contributed by atoms with Gasteiger partial charge in [-0.2, -0.15) is 0 Å². The maximum absolute atomic E-state index is 12.6. The number of ether oxygens (including phenoxy) is 1. The van der Waals surface area contributed by atoms with Crippen LogP contribution in [0.1, 0.15) is 22.9 Å². The van der Waals surface area contributed by atoms with Gasteiger partial charge in [-0.05, 0) is 42.3 Å². The Hall–Kier alpha value is -3.69. The van der Waals surface area contributed by atoms with Crippen molar-refractivity contribution in [2.24, 2.45) is 4.99 Å². The number of nitrogens with zero attached hydrogens (tertiary/aromatic N) is 3. The third-order valence-corrected chi connectivity index (χ3v) is 7.07. The summed E-state index contributed by atoms with van der Waals surface area (Å²) in [6.45, 7) is 4.88. The van der Waals surface area contributed by atoms with Gasteiger partial charge < -0.3 is 20.1 Å². The molecule has 1 aromatic heterocycles. The molecule has 3 aromatic rings. The molecule has 3 heterocycles. The number of aryl methyl sites for hydroxylation is 1. The molecule has 2 aromatic carbocycles. The summed E-state index contributed by atoms with van der Waals surface area (Å²) in [7, 11) is 0. The monoisotopic (exact) mass is 490 g/mol. The van der Waals surface area contributed by atoms with Crippen molar-refractivity contribution < 1.29 is 14.6 Å². The predicted octanol–water partition coefficient (Wildman–Crippen LogP) is 3.91. The minimum atomic E-state index is -0.398. The van der Waals surface area contributed by atoms with Gasteiger partial charge in [0.2, 0.25) is 11.8 Å². The number of allylic oxidation sites excluding steroid dienone is 1. The van der Waals surface area contributed by atoms with Crippen LogP contribution in [-0.4, -0.2) is 48.1 Å². The number of benzene rings is 2. The Morgan fingerprint density at radius 2 is 1.97 bits per heavy atom. The molecule has 2 N–H and O–H groups in total. The largest absolute Gasteiger partial charge is 0.493 e. The van der Waals surface area contributed by atoms with Crippen molar-refractivity contribution in [2.75, 3.05) is 36.5 Å². The van der Waals surface area contributed by atoms with Gasteiger partial charge in [-0.3, -0.25) is 19.1 Å². The smallest absolute Gasteiger partial charge is 0.311 e. The van der Waals surface area contributed by atoms with Gasteiger partial charge in [-0.15, -0.1) is 0 Å². The van der Waals surface area contributed by atoms with E-state index >= 15 is 0 Å². The number of carbonyl (C=O) groups excluding carboxylic acids is 1. The van der Waals surface area contributed by atoms with Crippen LogP contribution in [0.3, 0.4) is 0 Å². The van der Waals surface area contributed by atoms with Crippen LogP contribution >= 0.6 is 11.3 Å². The average molecular weight is 491 g/mol. The Morgan fingerprint density at radius 3 is 2.71 bits per heavy atom. The number of hydrogen-bond acceptors (Lipinski definition) is 7. The zero-order chi connectivity index (χ0) is 24.4. The zero-order valence-corrected chi connectivity index (χ0v) is 20.2. The Bertz CT molecular complexity index is 1360. The molecule has 0 spiro atoms. The molecule has 2 aliphatic rings. The molecule has 0 atom stereocenters. The Balaban J connectivity index is 1.29. The van der Waals surface area contributed by atoms with Gasteiger partial charge in [0.25, 0.3) is 0 Å². The van der Waals surface area contributed by atoms with Gasteiger partial charge in [0.1, 0.15) is 6.54 Å². The van der Waals surface area contributed by atoms with Crippen LogP contribution in [0.4, 0.5) is 17.1 Å². The minimum Gasteiger partial charge on any atom is -0.493 e. The second-order valence-corrected chi connectivity index (χ2v) is 9.35. The molecule has 0 radical (unpaired) electrons. The fourth-order valence-electron chi connectivity index (χ4n) is 4.29. The van der Waals surface area contributed by atoms with E-state index in [-0.39, 0.29) is 18.3 Å². The van der Waals surface area contributed by atoms with Gasteiger partial charge in [-0.25, -0.2) is 0 Å². The third-order valence-electron chi connectivity index (χ3n) is 6.15. The van der Waals surface area contributed by atoms with Crippen molar-refractivity contribution in [3.05, 3.63) is 68.1 Å². The minimum absolute atomic E-state index is 0.223. The maximum Gasteiger partial charge on any atom is 0.311 e. The molecule has 2 aliphatic heterocycles. The first-order valence-electron chi connectivity index (χ1n) is 11.6. The molecule has 0 unspecified atom stereocenters. The highest BCUT2D eigenvalue weighted by Gasteiger charge is 2.19. The number of nitrogens with one attached hydrogen (secondary N) is 1. The summed E-state index contributed by atoms with van der Waals surface area (Å²) in [6.07, 6.45) is 4.35. The van der Waals surface area contributed by atoms with Crippen LogP contribution in [0, 0.1) is 0 Å². The van der Waals surface area contributed by atoms with Gasteiger partial charge in [-0.1, -0.05) is 36.5 Å². The molecule has 35 heavy (non-hydrogen) atoms. The number of para-hydroxylation sites is 1. The van der Waals surface area contributed by atoms with Crippen molar-refractivity contribution in [1.29, 1.82) is 0 Å². The number of carbonyl (C=O) groups is 1. The van der Waals surface area contributed by atoms with Gasteiger partial charge >= 0.3 is 4.87 Å². The predicted molar refractivity (Wildman–Crippen MR) is 140 cm³/mol. The Morgan fingerprint density at radius 1 is 1.20 bits per heavy atom. The van der Waals surface area contributed by atoms with E-state index in [2.05, 4.69) is 22.1 Å². The number of amides is 1. The van der Waals surface area contributed by atoms with E-state index in [0.29, 0.717) is 23.8 Å². The summed E-state index contributed by atoms with van der Waals surface area (Å²) < 4.78 is 6.47. The normalized spacial score (nSPS) is 16.0. The molecule has 5 rings (SSSR count). The molecule has 8 nitrogen and oxygen atoms in total. The number of fused-ring (bicyclic) bond motifs is 1. The van der Waals surface area contributed by atoms with Crippen molar-refractivity contribution in [2.45, 2.75) is 19.9 Å². The summed E-state index contributed by atoms with van der Waals surface area (Å²) in [6, 6.07) is 13.6. The third kappa shape index (κ3) is 4.78. The van der Waals surface area contributed by atoms with E-state index in [1.54, 1.807) is 12.3 Å². The van der Waals surface area contributed by atoms with E-state index in [4.69, 9.17) is 4.74 Å². The molecule has 9 heteroatoms. The maximum atomic E-state index is 12.6. The van der Waals surface area contributed by atoms with Crippen molar-refractivity contribution in [3.8, 4) is 5.88 Å². The number of aromatic nitrogens is 1. The summed E-state index contributed by atoms with van der Waals surface area (Å²) in [5, 5.41) is 13.5. The number of aromatic hydroxyl groups is 1. The fourth-order valence-corrected chi connectivity index (χ4v) is 5.13. The van der Waals surface area contributed by atoms with Crippen molar-refractivity contribution in [1.82, 2.24) is 4.57 Å². The molecular weight excluding hydrogens is 464 g/mol. The SMILES string of the molecule is CCc1cccc2c1N=C/C2=C/c1sc(=O)n(CC(=O)Nc2ccc(N3CCOCC3)cc2)c1O. The lowest BCUT2D eigenvalue weighted by atomic mass is 10.0. The lowest BCUT2D eigenvalue weighted by molar-refractivity contribution is -0.116. The molecule has 1 amide bonds. The second kappa shape index (κ2) is 9.89. The summed E-state index contributed by atoms with van der Waals surface area (Å²) in [4.78, 5) is 31.9. The van der Waals surface area contributed by atoms with Crippen molar-refractivity contribution in [3.63, 3.8) is 0 Å². The van der Waals surface area contributed by atoms with Gasteiger partial charge in [0.15, 0.2) is 0 Å². The number of hydrogen-bond donors (Lipinski definition) is 2. The summed E-state index contributed by atoms with van der Waals surface area (Å²) in [5.41, 5.74) is 5.55. The van der Waals surface area contributed by atoms with Crippen LogP contribution in [0.25, 0.3) is 11.6 Å². The van der Waals surface area contributed by atoms with E-state index in [0.717, 1.165) is 63.5 Å². The first-order chi connectivity index (χ1) is 17.0. The van der Waals surface area contributed by atoms with Crippen LogP contribution in [0.5, 0.6) is 5.88 Å². The quantitative estimate of drug-likeness (QED) is 0.546. The zero-order valence-electron chi connectivity index (χ0n) is 19.4. The van der Waals surface area contributed by atoms with E-state index in [1.165, 1.54) is 0 Å². The highest BCUT2D eigenvalue weighted by atomic mass is 32.1. The lowest BCUT2D eigenvalue weighted by Gasteiger charge is -2.28. The van der Waals surface area contributed by atoms with E-state index in [1.807, 2.05) is 42.5 Å². The molecule has 180 valence electrons. The van der Waals surface area contributed by atoms with E-state index in [9.17, 15) is 14.7 Å². The standard InChI is InChI=1S/C26H26N4O4S/c1-2-17-4-3-5-21-18(15-27-24(17)21)14-22-25(32)30(26(33)35-22)16-23(31)28-19-6-8-20(9-7-19)29-10-12-34-13-11-29/h3-9,14-15,32H,2,10-13,16H2,1H3,(H,28,31)/b18-14-. The number of thiazole rings is 1. The van der Waals surface area contributed by atoms with Gasteiger partial charge in [0, 0.05) is 41.8 Å². The molecule has 0 aliphatic carbocycles.